The van der Waals surface area contributed by atoms with Gasteiger partial charge in [-0.1, -0.05) is 18.6 Å². The lowest BCUT2D eigenvalue weighted by molar-refractivity contribution is 0.295. The second-order valence-electron chi connectivity index (χ2n) is 6.75. The van der Waals surface area contributed by atoms with Gasteiger partial charge in [0.15, 0.2) is 0 Å². The van der Waals surface area contributed by atoms with Crippen molar-refractivity contribution in [3.8, 4) is 0 Å². The van der Waals surface area contributed by atoms with Crippen LogP contribution in [0.2, 0.25) is 0 Å². The maximum atomic E-state index is 11.3. The molecule has 0 heterocycles. The van der Waals surface area contributed by atoms with Crippen LogP contribution in [0.25, 0.3) is 0 Å². The van der Waals surface area contributed by atoms with Gasteiger partial charge in [-0.05, 0) is 51.9 Å². The van der Waals surface area contributed by atoms with E-state index in [0.717, 1.165) is 6.54 Å². The van der Waals surface area contributed by atoms with E-state index in [1.807, 2.05) is 0 Å². The molecule has 0 aliphatic heterocycles. The Bertz CT molecular complexity index is 423. The zero-order chi connectivity index (χ0) is 14.7. The fourth-order valence-corrected chi connectivity index (χ4v) is 3.53. The number of sulfone groups is 1. The first kappa shape index (κ1) is 16.7. The van der Waals surface area contributed by atoms with Crippen molar-refractivity contribution in [3.05, 3.63) is 11.6 Å². The van der Waals surface area contributed by atoms with Crippen LogP contribution in [0, 0.1) is 11.8 Å². The van der Waals surface area contributed by atoms with E-state index in [0.29, 0.717) is 18.3 Å². The van der Waals surface area contributed by atoms with E-state index in [1.165, 1.54) is 24.7 Å². The predicted octanol–water partition coefficient (Wildman–Crippen LogP) is 2.78. The van der Waals surface area contributed by atoms with E-state index in [1.54, 1.807) is 0 Å². The summed E-state index contributed by atoms with van der Waals surface area (Å²) in [5.41, 5.74) is 1.35. The molecule has 0 radical (unpaired) electrons. The van der Waals surface area contributed by atoms with Gasteiger partial charge in [0.2, 0.25) is 0 Å². The summed E-state index contributed by atoms with van der Waals surface area (Å²) >= 11 is 0. The molecule has 0 aromatic carbocycles. The van der Waals surface area contributed by atoms with Crippen molar-refractivity contribution in [1.29, 1.82) is 0 Å². The summed E-state index contributed by atoms with van der Waals surface area (Å²) in [7, 11) is -2.87. The molecular formula is C15H29NO2S. The molecular weight excluding hydrogens is 258 g/mol. The van der Waals surface area contributed by atoms with Crippen LogP contribution in [0.5, 0.6) is 0 Å². The molecule has 1 N–H and O–H groups in total. The van der Waals surface area contributed by atoms with Crippen molar-refractivity contribution < 1.29 is 8.42 Å². The first-order chi connectivity index (χ1) is 8.61. The van der Waals surface area contributed by atoms with Gasteiger partial charge in [0.1, 0.15) is 9.84 Å². The molecule has 0 bridgehead atoms. The Morgan fingerprint density at radius 1 is 1.42 bits per heavy atom. The first-order valence-electron chi connectivity index (χ1n) is 7.20. The topological polar surface area (TPSA) is 46.2 Å². The highest BCUT2D eigenvalue weighted by Crippen LogP contribution is 2.30. The first-order valence-corrected chi connectivity index (χ1v) is 9.26. The molecule has 0 saturated carbocycles. The van der Waals surface area contributed by atoms with E-state index in [9.17, 15) is 8.42 Å². The Labute approximate surface area is 118 Å². The van der Waals surface area contributed by atoms with Crippen LogP contribution in [-0.4, -0.2) is 32.5 Å². The number of hydrogen-bond acceptors (Lipinski definition) is 3. The summed E-state index contributed by atoms with van der Waals surface area (Å²) in [5, 5.41) is 3.56. The second kappa shape index (κ2) is 6.40. The Kier molecular flexibility index (Phi) is 5.63. The Balaban J connectivity index is 2.50. The third-order valence-corrected chi connectivity index (χ3v) is 5.20. The highest BCUT2D eigenvalue weighted by atomic mass is 32.2. The molecule has 0 spiro atoms. The molecule has 19 heavy (non-hydrogen) atoms. The third kappa shape index (κ3) is 6.09. The van der Waals surface area contributed by atoms with Crippen LogP contribution in [0.4, 0.5) is 0 Å². The molecule has 0 unspecified atom stereocenters. The molecule has 2 atom stereocenters. The van der Waals surface area contributed by atoms with Gasteiger partial charge in [-0.25, -0.2) is 8.42 Å². The van der Waals surface area contributed by atoms with Crippen LogP contribution in [-0.2, 0) is 9.84 Å². The zero-order valence-electron chi connectivity index (χ0n) is 13.0. The lowest BCUT2D eigenvalue weighted by atomic mass is 9.79. The van der Waals surface area contributed by atoms with Gasteiger partial charge in [-0.2, -0.15) is 0 Å². The molecule has 1 rings (SSSR count). The van der Waals surface area contributed by atoms with Crippen molar-refractivity contribution in [1.82, 2.24) is 5.32 Å². The number of rotatable bonds is 6. The molecule has 0 fully saturated rings. The minimum absolute atomic E-state index is 0.124. The molecule has 0 saturated heterocycles. The minimum Gasteiger partial charge on any atom is -0.311 e. The van der Waals surface area contributed by atoms with Crippen LogP contribution in [0.1, 0.15) is 47.0 Å². The fraction of sp³-hybridized carbons (Fsp3) is 0.867. The average Bonchev–Trinajstić information content (AvgIpc) is 2.25. The molecule has 0 aromatic rings. The molecule has 0 amide bonds. The largest absolute Gasteiger partial charge is 0.311 e. The van der Waals surface area contributed by atoms with Crippen molar-refractivity contribution in [3.63, 3.8) is 0 Å². The smallest absolute Gasteiger partial charge is 0.147 e. The van der Waals surface area contributed by atoms with Crippen LogP contribution >= 0.6 is 0 Å². The normalized spacial score (nSPS) is 25.2. The molecule has 0 aromatic heterocycles. The van der Waals surface area contributed by atoms with Crippen LogP contribution in [0.3, 0.4) is 0 Å². The van der Waals surface area contributed by atoms with Crippen molar-refractivity contribution in [2.24, 2.45) is 11.8 Å². The average molecular weight is 287 g/mol. The summed E-state index contributed by atoms with van der Waals surface area (Å²) in [5.74, 6) is 1.55. The fourth-order valence-electron chi connectivity index (χ4n) is 2.65. The highest BCUT2D eigenvalue weighted by molar-refractivity contribution is 7.90. The third-order valence-electron chi connectivity index (χ3n) is 4.26. The molecule has 1 aliphatic carbocycles. The van der Waals surface area contributed by atoms with Gasteiger partial charge in [0.05, 0.1) is 5.75 Å². The summed E-state index contributed by atoms with van der Waals surface area (Å²) in [6.45, 7) is 9.65. The van der Waals surface area contributed by atoms with Gasteiger partial charge in [0, 0.05) is 18.3 Å². The maximum absolute atomic E-state index is 11.3. The number of hydrogen-bond donors (Lipinski definition) is 1. The van der Waals surface area contributed by atoms with Crippen molar-refractivity contribution in [2.45, 2.75) is 52.5 Å². The summed E-state index contributed by atoms with van der Waals surface area (Å²) in [6.07, 6.45) is 6.76. The lowest BCUT2D eigenvalue weighted by Gasteiger charge is -2.33. The molecule has 3 nitrogen and oxygen atoms in total. The Morgan fingerprint density at radius 3 is 2.58 bits per heavy atom. The summed E-state index contributed by atoms with van der Waals surface area (Å²) in [6, 6.07) is 0. The maximum Gasteiger partial charge on any atom is 0.147 e. The SMILES string of the molecule is CC1=CCC[C@H](C)[C@@H]1CNC(C)(C)CCS(C)(=O)=O. The van der Waals surface area contributed by atoms with E-state index in [-0.39, 0.29) is 11.3 Å². The molecule has 4 heteroatoms. The van der Waals surface area contributed by atoms with E-state index < -0.39 is 9.84 Å². The van der Waals surface area contributed by atoms with Gasteiger partial charge in [-0.15, -0.1) is 0 Å². The van der Waals surface area contributed by atoms with Gasteiger partial charge in [0.25, 0.3) is 0 Å². The van der Waals surface area contributed by atoms with Crippen molar-refractivity contribution in [2.75, 3.05) is 18.6 Å². The molecule has 112 valence electrons. The second-order valence-corrected chi connectivity index (χ2v) is 9.01. The van der Waals surface area contributed by atoms with E-state index in [4.69, 9.17) is 0 Å². The zero-order valence-corrected chi connectivity index (χ0v) is 13.8. The Morgan fingerprint density at radius 2 is 2.05 bits per heavy atom. The number of nitrogens with one attached hydrogen (secondary N) is 1. The Hall–Kier alpha value is -0.350. The van der Waals surface area contributed by atoms with Gasteiger partial charge < -0.3 is 5.32 Å². The summed E-state index contributed by atoms with van der Waals surface area (Å²) in [4.78, 5) is 0. The van der Waals surface area contributed by atoms with E-state index >= 15 is 0 Å². The van der Waals surface area contributed by atoms with Gasteiger partial charge >= 0.3 is 0 Å². The monoisotopic (exact) mass is 287 g/mol. The predicted molar refractivity (Wildman–Crippen MR) is 82.1 cm³/mol. The van der Waals surface area contributed by atoms with Gasteiger partial charge in [-0.3, -0.25) is 0 Å². The van der Waals surface area contributed by atoms with E-state index in [2.05, 4.69) is 39.1 Å². The van der Waals surface area contributed by atoms with Crippen LogP contribution < -0.4 is 5.32 Å². The molecule has 1 aliphatic rings. The highest BCUT2D eigenvalue weighted by Gasteiger charge is 2.25. The minimum atomic E-state index is -2.87. The standard InChI is InChI=1S/C15H29NO2S/c1-12-7-6-8-13(2)14(12)11-16-15(3,4)9-10-19(5,17)18/h7,13-14,16H,6,8-11H2,1-5H3/t13-,14+/m0/s1. The quantitative estimate of drug-likeness (QED) is 0.764. The lowest BCUT2D eigenvalue weighted by Crippen LogP contribution is -2.44. The number of allylic oxidation sites excluding steroid dienone is 1. The van der Waals surface area contributed by atoms with Crippen molar-refractivity contribution >= 4 is 9.84 Å². The summed E-state index contributed by atoms with van der Waals surface area (Å²) < 4.78 is 22.5. The van der Waals surface area contributed by atoms with Crippen LogP contribution in [0.15, 0.2) is 11.6 Å².